The van der Waals surface area contributed by atoms with Gasteiger partial charge in [0.2, 0.25) is 0 Å². The second-order valence-electron chi connectivity index (χ2n) is 7.01. The summed E-state index contributed by atoms with van der Waals surface area (Å²) in [7, 11) is 2.76. The average Bonchev–Trinajstić information content (AvgIpc) is 2.86. The highest BCUT2D eigenvalue weighted by molar-refractivity contribution is 6.06. The highest BCUT2D eigenvalue weighted by Crippen LogP contribution is 2.18. The van der Waals surface area contributed by atoms with Crippen LogP contribution in [0.3, 0.4) is 0 Å². The van der Waals surface area contributed by atoms with Crippen molar-refractivity contribution < 1.29 is 28.6 Å². The molecule has 3 aromatic carbocycles. The molecule has 0 aromatic heterocycles. The number of nitrogens with zero attached hydrogens (tertiary/aromatic N) is 1. The second-order valence-corrected chi connectivity index (χ2v) is 7.01. The molecule has 0 aliphatic rings. The second kappa shape index (κ2) is 12.0. The van der Waals surface area contributed by atoms with E-state index in [1.165, 1.54) is 14.2 Å². The van der Waals surface area contributed by atoms with Crippen LogP contribution >= 0.6 is 0 Å². The molecule has 0 unspecified atom stereocenters. The molecule has 3 aromatic rings. The van der Waals surface area contributed by atoms with E-state index in [1.54, 1.807) is 24.3 Å². The van der Waals surface area contributed by atoms with Crippen LogP contribution in [0.5, 0.6) is 11.5 Å². The van der Waals surface area contributed by atoms with Crippen molar-refractivity contribution in [2.75, 3.05) is 20.8 Å². The molecule has 7 nitrogen and oxygen atoms in total. The van der Waals surface area contributed by atoms with Gasteiger partial charge in [0.1, 0.15) is 44.0 Å². The van der Waals surface area contributed by atoms with Gasteiger partial charge in [-0.1, -0.05) is 47.6 Å². The largest absolute Gasteiger partial charge is 0.489 e. The fraction of sp³-hybridized carbons (Fsp3) is 0.192. The highest BCUT2D eigenvalue weighted by atomic mass is 16.6. The normalized spacial score (nSPS) is 10.9. The van der Waals surface area contributed by atoms with Crippen LogP contribution in [0.25, 0.3) is 0 Å². The minimum absolute atomic E-state index is 0.273. The molecule has 0 spiro atoms. The number of ether oxygens (including phenoxy) is 3. The summed E-state index contributed by atoms with van der Waals surface area (Å²) in [6.07, 6.45) is -0.282. The maximum atomic E-state index is 12.0. The molecule has 0 aliphatic heterocycles. The maximum Gasteiger partial charge on any atom is 0.313 e. The Morgan fingerprint density at radius 3 is 2.03 bits per heavy atom. The van der Waals surface area contributed by atoms with Crippen LogP contribution in [-0.2, 0) is 21.0 Å². The smallest absolute Gasteiger partial charge is 0.313 e. The Morgan fingerprint density at radius 2 is 1.39 bits per heavy atom. The number of Topliss-reactive ketones (excluding diaryl/α,β-unsaturated/α-hetero) is 1. The van der Waals surface area contributed by atoms with Crippen molar-refractivity contribution >= 4 is 17.5 Å². The third-order valence-corrected chi connectivity index (χ3v) is 4.72. The van der Waals surface area contributed by atoms with E-state index in [0.29, 0.717) is 29.4 Å². The lowest BCUT2D eigenvalue weighted by Gasteiger charge is -2.10. The first kappa shape index (κ1) is 23.5. The number of benzene rings is 3. The summed E-state index contributed by atoms with van der Waals surface area (Å²) < 4.78 is 16.1. The quantitative estimate of drug-likeness (QED) is 0.142. The molecule has 0 N–H and O–H groups in total. The van der Waals surface area contributed by atoms with Gasteiger partial charge in [0.05, 0.1) is 7.11 Å². The van der Waals surface area contributed by atoms with E-state index in [0.717, 1.165) is 11.1 Å². The van der Waals surface area contributed by atoms with Gasteiger partial charge in [0.25, 0.3) is 0 Å². The van der Waals surface area contributed by atoms with Crippen LogP contribution in [0.15, 0.2) is 84.0 Å². The molecule has 0 aliphatic carbocycles. The van der Waals surface area contributed by atoms with Crippen LogP contribution in [0.4, 0.5) is 0 Å². The molecule has 0 saturated carbocycles. The number of carbonyl (C=O) groups is 2. The van der Waals surface area contributed by atoms with Crippen LogP contribution < -0.4 is 9.47 Å². The fourth-order valence-corrected chi connectivity index (χ4v) is 2.95. The minimum atomic E-state index is -0.560. The maximum absolute atomic E-state index is 12.0. The molecule has 170 valence electrons. The van der Waals surface area contributed by atoms with Crippen molar-refractivity contribution in [3.05, 3.63) is 95.6 Å². The van der Waals surface area contributed by atoms with Crippen molar-refractivity contribution in [2.24, 2.45) is 5.16 Å². The van der Waals surface area contributed by atoms with Gasteiger partial charge in [0, 0.05) is 11.1 Å². The predicted molar refractivity (Wildman–Crippen MR) is 124 cm³/mol. The molecular formula is C26H25NO6. The molecule has 0 radical (unpaired) electrons. The lowest BCUT2D eigenvalue weighted by molar-refractivity contribution is -0.139. The standard InChI is InChI=1S/C26H25NO6/c1-30-26(29)16-25(28)21-10-14-23(15-11-21)32-17-19-8-12-22(13-9-19)33-18-24(27-31-2)20-6-4-3-5-7-20/h3-15H,16-18H2,1-2H3. The molecule has 0 saturated heterocycles. The summed E-state index contributed by atoms with van der Waals surface area (Å²) in [5.41, 5.74) is 3.02. The number of hydrogen-bond acceptors (Lipinski definition) is 7. The van der Waals surface area contributed by atoms with Crippen molar-refractivity contribution in [3.63, 3.8) is 0 Å². The van der Waals surface area contributed by atoms with Gasteiger partial charge in [-0.2, -0.15) is 0 Å². The molecule has 0 bridgehead atoms. The van der Waals surface area contributed by atoms with Crippen LogP contribution in [0, 0.1) is 0 Å². The van der Waals surface area contributed by atoms with E-state index in [9.17, 15) is 9.59 Å². The Bertz CT molecular complexity index is 1080. The van der Waals surface area contributed by atoms with Crippen LogP contribution in [0.2, 0.25) is 0 Å². The van der Waals surface area contributed by atoms with E-state index in [1.807, 2.05) is 54.6 Å². The molecule has 0 amide bonds. The van der Waals surface area contributed by atoms with Crippen molar-refractivity contribution in [1.82, 2.24) is 0 Å². The summed E-state index contributed by atoms with van der Waals surface area (Å²) in [4.78, 5) is 28.1. The van der Waals surface area contributed by atoms with Gasteiger partial charge < -0.3 is 19.0 Å². The Hall–Kier alpha value is -4.13. The zero-order valence-corrected chi connectivity index (χ0v) is 18.5. The highest BCUT2D eigenvalue weighted by Gasteiger charge is 2.12. The number of ketones is 1. The number of esters is 1. The summed E-state index contributed by atoms with van der Waals surface area (Å²) >= 11 is 0. The molecule has 7 heteroatoms. The summed E-state index contributed by atoms with van der Waals surface area (Å²) in [5, 5.41) is 4.05. The first-order valence-electron chi connectivity index (χ1n) is 10.3. The van der Waals surface area contributed by atoms with E-state index >= 15 is 0 Å². The lowest BCUT2D eigenvalue weighted by atomic mass is 10.1. The zero-order chi connectivity index (χ0) is 23.5. The van der Waals surface area contributed by atoms with Crippen molar-refractivity contribution in [3.8, 4) is 11.5 Å². The lowest BCUT2D eigenvalue weighted by Crippen LogP contribution is -2.13. The monoisotopic (exact) mass is 447 g/mol. The van der Waals surface area contributed by atoms with Crippen LogP contribution in [0.1, 0.15) is 27.9 Å². The average molecular weight is 447 g/mol. The number of carbonyl (C=O) groups excluding carboxylic acids is 2. The number of oxime groups is 1. The van der Waals surface area contributed by atoms with Gasteiger partial charge in [0.15, 0.2) is 5.78 Å². The first-order valence-corrected chi connectivity index (χ1v) is 10.3. The third kappa shape index (κ3) is 7.21. The van der Waals surface area contributed by atoms with Crippen molar-refractivity contribution in [1.29, 1.82) is 0 Å². The van der Waals surface area contributed by atoms with E-state index in [2.05, 4.69) is 9.89 Å². The minimum Gasteiger partial charge on any atom is -0.489 e. The number of methoxy groups -OCH3 is 1. The SMILES string of the molecule is CON=C(COc1ccc(COc2ccc(C(=O)CC(=O)OC)cc2)cc1)c1ccccc1. The molecule has 0 heterocycles. The number of rotatable bonds is 11. The topological polar surface area (TPSA) is 83.4 Å². The van der Waals surface area contributed by atoms with Gasteiger partial charge in [-0.15, -0.1) is 0 Å². The summed E-state index contributed by atoms with van der Waals surface area (Å²) in [5.74, 6) is 0.463. The van der Waals surface area contributed by atoms with Gasteiger partial charge in [-0.05, 0) is 42.0 Å². The van der Waals surface area contributed by atoms with Gasteiger partial charge >= 0.3 is 5.97 Å². The Morgan fingerprint density at radius 1 is 0.758 bits per heavy atom. The molecule has 33 heavy (non-hydrogen) atoms. The number of hydrogen-bond donors (Lipinski definition) is 0. The Balaban J connectivity index is 1.51. The molecule has 0 fully saturated rings. The predicted octanol–water partition coefficient (Wildman–Crippen LogP) is 4.44. The van der Waals surface area contributed by atoms with E-state index < -0.39 is 5.97 Å². The third-order valence-electron chi connectivity index (χ3n) is 4.72. The fourth-order valence-electron chi connectivity index (χ4n) is 2.95. The molecule has 3 rings (SSSR count). The van der Waals surface area contributed by atoms with Crippen molar-refractivity contribution in [2.45, 2.75) is 13.0 Å². The molecule has 0 atom stereocenters. The molecular weight excluding hydrogens is 422 g/mol. The van der Waals surface area contributed by atoms with Gasteiger partial charge in [-0.3, -0.25) is 9.59 Å². The summed E-state index contributed by atoms with van der Waals surface area (Å²) in [6.45, 7) is 0.630. The van der Waals surface area contributed by atoms with E-state index in [4.69, 9.17) is 14.3 Å². The van der Waals surface area contributed by atoms with E-state index in [-0.39, 0.29) is 18.8 Å². The van der Waals surface area contributed by atoms with Gasteiger partial charge in [-0.25, -0.2) is 0 Å². The zero-order valence-electron chi connectivity index (χ0n) is 18.5. The summed E-state index contributed by atoms with van der Waals surface area (Å²) in [6, 6.07) is 23.9. The first-order chi connectivity index (χ1) is 16.1. The Kier molecular flexibility index (Phi) is 8.59. The Labute approximate surface area is 192 Å². The van der Waals surface area contributed by atoms with Crippen LogP contribution in [-0.4, -0.2) is 38.3 Å².